The van der Waals surface area contributed by atoms with E-state index in [4.69, 9.17) is 5.73 Å². The molecule has 2 aliphatic rings. The van der Waals surface area contributed by atoms with Crippen LogP contribution in [0.2, 0.25) is 0 Å². The minimum absolute atomic E-state index is 0.111. The van der Waals surface area contributed by atoms with E-state index >= 15 is 0 Å². The average Bonchev–Trinajstić information content (AvgIpc) is 3.33. The summed E-state index contributed by atoms with van der Waals surface area (Å²) >= 11 is 0. The van der Waals surface area contributed by atoms with Crippen molar-refractivity contribution < 1.29 is 26.4 Å². The summed E-state index contributed by atoms with van der Waals surface area (Å²) in [6, 6.07) is 1.34. The van der Waals surface area contributed by atoms with Crippen molar-refractivity contribution in [2.75, 3.05) is 13.1 Å². The first-order chi connectivity index (χ1) is 18.0. The number of nitrogens with one attached hydrogen (secondary N) is 1. The minimum Gasteiger partial charge on any atom is -0.403 e. The molecule has 204 valence electrons. The highest BCUT2D eigenvalue weighted by Gasteiger charge is 2.51. The van der Waals surface area contributed by atoms with E-state index in [9.17, 15) is 26.4 Å². The zero-order valence-electron chi connectivity index (χ0n) is 21.0. The van der Waals surface area contributed by atoms with Crippen LogP contribution in [0.5, 0.6) is 0 Å². The van der Waals surface area contributed by atoms with E-state index in [0.29, 0.717) is 25.6 Å². The topological polar surface area (TPSA) is 134 Å². The number of carbonyl (C=O) groups is 1. The van der Waals surface area contributed by atoms with Gasteiger partial charge in [-0.05, 0) is 56.4 Å². The SMILES string of the molecule is CCN=CC(=CN)S(=O)(=O)N(CC)[C@H]1CCC2=Cc3[nH]ncc3C[C@]2(C(=O)c2ccc(C(F)(F)F)cn2)C1. The summed E-state index contributed by atoms with van der Waals surface area (Å²) in [6.45, 7) is 3.97. The van der Waals surface area contributed by atoms with E-state index in [2.05, 4.69) is 20.2 Å². The molecule has 0 radical (unpaired) electrons. The number of nitrogens with two attached hydrogens (primary N) is 1. The highest BCUT2D eigenvalue weighted by atomic mass is 32.2. The summed E-state index contributed by atoms with van der Waals surface area (Å²) in [5, 5.41) is 6.97. The number of rotatable bonds is 8. The summed E-state index contributed by atoms with van der Waals surface area (Å²) in [6.07, 6.45) is 2.92. The molecular formula is C25H29F3N6O3S. The second-order valence-corrected chi connectivity index (χ2v) is 11.2. The van der Waals surface area contributed by atoms with Gasteiger partial charge in [-0.1, -0.05) is 12.5 Å². The number of fused-ring (bicyclic) bond motifs is 2. The Balaban J connectivity index is 1.76. The lowest BCUT2D eigenvalue weighted by Crippen LogP contribution is -2.50. The van der Waals surface area contributed by atoms with Crippen LogP contribution in [0.3, 0.4) is 0 Å². The Bertz CT molecular complexity index is 1400. The number of carbonyl (C=O) groups excluding carboxylic acids is 1. The molecule has 4 rings (SSSR count). The molecule has 3 N–H and O–H groups in total. The van der Waals surface area contributed by atoms with Crippen molar-refractivity contribution >= 4 is 28.1 Å². The Hall–Kier alpha value is -3.32. The molecular weight excluding hydrogens is 521 g/mol. The first-order valence-corrected chi connectivity index (χ1v) is 13.7. The molecule has 2 aromatic rings. The van der Waals surface area contributed by atoms with E-state index in [0.717, 1.165) is 35.2 Å². The summed E-state index contributed by atoms with van der Waals surface area (Å²) < 4.78 is 67.7. The molecule has 0 bridgehead atoms. The van der Waals surface area contributed by atoms with Crippen molar-refractivity contribution in [2.24, 2.45) is 16.1 Å². The van der Waals surface area contributed by atoms with Gasteiger partial charge in [0.15, 0.2) is 5.78 Å². The highest BCUT2D eigenvalue weighted by Crippen LogP contribution is 2.51. The third-order valence-corrected chi connectivity index (χ3v) is 9.17. The summed E-state index contributed by atoms with van der Waals surface area (Å²) in [5.74, 6) is -0.454. The number of hydrogen-bond donors (Lipinski definition) is 2. The van der Waals surface area contributed by atoms with Crippen LogP contribution < -0.4 is 5.73 Å². The number of halogens is 3. The minimum atomic E-state index is -4.59. The zero-order valence-corrected chi connectivity index (χ0v) is 21.8. The van der Waals surface area contributed by atoms with Crippen molar-refractivity contribution in [3.8, 4) is 0 Å². The molecule has 2 aliphatic carbocycles. The maximum absolute atomic E-state index is 14.1. The number of allylic oxidation sites excluding steroid dienone is 2. The molecule has 13 heteroatoms. The quantitative estimate of drug-likeness (QED) is 0.380. The van der Waals surface area contributed by atoms with Crippen LogP contribution in [0.4, 0.5) is 13.2 Å². The normalized spacial score (nSPS) is 22.3. The number of alkyl halides is 3. The Morgan fingerprint density at radius 3 is 2.68 bits per heavy atom. The Morgan fingerprint density at radius 2 is 2.08 bits per heavy atom. The lowest BCUT2D eigenvalue weighted by molar-refractivity contribution is -0.137. The molecule has 2 aromatic heterocycles. The fourth-order valence-electron chi connectivity index (χ4n) is 5.32. The van der Waals surface area contributed by atoms with Crippen LogP contribution >= 0.6 is 0 Å². The van der Waals surface area contributed by atoms with E-state index < -0.39 is 39.0 Å². The van der Waals surface area contributed by atoms with Crippen LogP contribution in [0.1, 0.15) is 60.4 Å². The lowest BCUT2D eigenvalue weighted by atomic mass is 9.60. The van der Waals surface area contributed by atoms with Gasteiger partial charge < -0.3 is 5.73 Å². The molecule has 38 heavy (non-hydrogen) atoms. The summed E-state index contributed by atoms with van der Waals surface area (Å²) in [4.78, 5) is 21.8. The summed E-state index contributed by atoms with van der Waals surface area (Å²) in [7, 11) is -4.03. The Labute approximate surface area is 218 Å². The average molecular weight is 551 g/mol. The predicted molar refractivity (Wildman–Crippen MR) is 137 cm³/mol. The van der Waals surface area contributed by atoms with E-state index in [1.165, 1.54) is 10.5 Å². The largest absolute Gasteiger partial charge is 0.417 e. The maximum atomic E-state index is 14.1. The van der Waals surface area contributed by atoms with Crippen molar-refractivity contribution in [3.05, 3.63) is 63.7 Å². The number of Topliss-reactive ketones (excluding diaryl/α,β-unsaturated/α-hetero) is 1. The van der Waals surface area contributed by atoms with E-state index in [1.54, 1.807) is 20.0 Å². The molecule has 2 atom stereocenters. The molecule has 2 heterocycles. The van der Waals surface area contributed by atoms with Gasteiger partial charge in [-0.3, -0.25) is 19.9 Å². The van der Waals surface area contributed by atoms with E-state index in [1.807, 2.05) is 6.08 Å². The van der Waals surface area contributed by atoms with Crippen LogP contribution in [0, 0.1) is 5.41 Å². The van der Waals surface area contributed by atoms with Gasteiger partial charge in [0.1, 0.15) is 10.6 Å². The lowest BCUT2D eigenvalue weighted by Gasteiger charge is -2.46. The maximum Gasteiger partial charge on any atom is 0.417 e. The smallest absolute Gasteiger partial charge is 0.403 e. The van der Waals surface area contributed by atoms with Crippen LogP contribution in [0.15, 0.2) is 46.2 Å². The highest BCUT2D eigenvalue weighted by molar-refractivity contribution is 7.93. The molecule has 0 aliphatic heterocycles. The summed E-state index contributed by atoms with van der Waals surface area (Å²) in [5.41, 5.74) is 5.67. The van der Waals surface area contributed by atoms with Gasteiger partial charge in [-0.25, -0.2) is 8.42 Å². The number of aromatic nitrogens is 3. The second kappa shape index (κ2) is 10.4. The fraction of sp³-hybridized carbons (Fsp3) is 0.440. The number of hydrogen-bond acceptors (Lipinski definition) is 7. The Morgan fingerprint density at radius 1 is 1.32 bits per heavy atom. The molecule has 0 unspecified atom stereocenters. The van der Waals surface area contributed by atoms with Gasteiger partial charge >= 0.3 is 6.18 Å². The van der Waals surface area contributed by atoms with E-state index in [-0.39, 0.29) is 30.0 Å². The van der Waals surface area contributed by atoms with Crippen LogP contribution in [-0.4, -0.2) is 59.0 Å². The number of aliphatic imine (C=N–C) groups is 1. The molecule has 0 amide bonds. The number of sulfonamides is 1. The van der Waals surface area contributed by atoms with Crippen molar-refractivity contribution in [1.29, 1.82) is 0 Å². The third kappa shape index (κ3) is 4.92. The second-order valence-electron chi connectivity index (χ2n) is 9.30. The number of H-pyrrole nitrogens is 1. The Kier molecular flexibility index (Phi) is 7.62. The molecule has 0 saturated heterocycles. The van der Waals surface area contributed by atoms with Gasteiger partial charge in [0, 0.05) is 37.7 Å². The van der Waals surface area contributed by atoms with Crippen molar-refractivity contribution in [2.45, 2.75) is 51.7 Å². The molecule has 9 nitrogen and oxygen atoms in total. The van der Waals surface area contributed by atoms with Gasteiger partial charge in [-0.2, -0.15) is 22.6 Å². The van der Waals surface area contributed by atoms with Crippen molar-refractivity contribution in [3.63, 3.8) is 0 Å². The monoisotopic (exact) mass is 550 g/mol. The van der Waals surface area contributed by atoms with Crippen molar-refractivity contribution in [1.82, 2.24) is 19.5 Å². The molecule has 0 aromatic carbocycles. The fourth-order valence-corrected chi connectivity index (χ4v) is 6.88. The number of nitrogens with zero attached hydrogens (tertiary/aromatic N) is 4. The standard InChI is InChI=1S/C25H29F3N6O3S/c1-3-30-15-20(12-29)38(36,37)34(4-2)19-7-5-17-9-22-16(13-32-33-22)10-24(17,11-19)23(35)21-8-6-18(14-31-21)25(26,27)28/h6,8-9,12-15,19H,3-5,7,10-11,29H2,1-2H3,(H,32,33)/t19-,24-/m0/s1. The van der Waals surface area contributed by atoms with Crippen LogP contribution in [0.25, 0.3) is 6.08 Å². The predicted octanol–water partition coefficient (Wildman–Crippen LogP) is 3.73. The first-order valence-electron chi connectivity index (χ1n) is 12.2. The third-order valence-electron chi connectivity index (χ3n) is 7.16. The molecule has 0 spiro atoms. The van der Waals surface area contributed by atoms with Gasteiger partial charge in [0.05, 0.1) is 22.9 Å². The first kappa shape index (κ1) is 27.7. The number of ketones is 1. The number of pyridine rings is 1. The van der Waals surface area contributed by atoms with Gasteiger partial charge in [0.2, 0.25) is 10.0 Å². The zero-order chi connectivity index (χ0) is 27.7. The van der Waals surface area contributed by atoms with Gasteiger partial charge in [0.25, 0.3) is 0 Å². The molecule has 1 fully saturated rings. The van der Waals surface area contributed by atoms with Crippen LogP contribution in [-0.2, 0) is 22.6 Å². The number of aromatic amines is 1. The molecule has 1 saturated carbocycles. The van der Waals surface area contributed by atoms with Gasteiger partial charge in [-0.15, -0.1) is 0 Å².